The van der Waals surface area contributed by atoms with Gasteiger partial charge in [0.25, 0.3) is 0 Å². The summed E-state index contributed by atoms with van der Waals surface area (Å²) in [6.45, 7) is 0.347. The molecule has 0 bridgehead atoms. The van der Waals surface area contributed by atoms with Gasteiger partial charge in [-0.05, 0) is 12.8 Å². The molecule has 1 aliphatic heterocycles. The highest BCUT2D eigenvalue weighted by atomic mass is 16.5. The number of amides is 2. The van der Waals surface area contributed by atoms with Gasteiger partial charge in [-0.1, -0.05) is 12.8 Å². The minimum Gasteiger partial charge on any atom is -0.468 e. The third kappa shape index (κ3) is 3.24. The molecule has 6 nitrogen and oxygen atoms in total. The van der Waals surface area contributed by atoms with Crippen LogP contribution in [0.2, 0.25) is 0 Å². The summed E-state index contributed by atoms with van der Waals surface area (Å²) in [7, 11) is 1.27. The lowest BCUT2D eigenvalue weighted by atomic mass is 10.1. The zero-order valence-electron chi connectivity index (χ0n) is 11.2. The van der Waals surface area contributed by atoms with E-state index in [9.17, 15) is 14.4 Å². The number of hydrogen-bond acceptors (Lipinski definition) is 4. The maximum Gasteiger partial charge on any atom is 0.325 e. The number of carbonyl (C=O) groups excluding carboxylic acids is 3. The van der Waals surface area contributed by atoms with Gasteiger partial charge in [-0.25, -0.2) is 0 Å². The molecule has 2 aliphatic rings. The molecular formula is C13H20N2O4. The van der Waals surface area contributed by atoms with Crippen molar-refractivity contribution in [1.82, 2.24) is 10.2 Å². The molecule has 0 spiro atoms. The van der Waals surface area contributed by atoms with Crippen molar-refractivity contribution in [2.45, 2.75) is 38.1 Å². The Morgan fingerprint density at radius 3 is 2.68 bits per heavy atom. The summed E-state index contributed by atoms with van der Waals surface area (Å²) in [6, 6.07) is 0.311. The van der Waals surface area contributed by atoms with E-state index in [1.165, 1.54) is 7.11 Å². The number of carbonyl (C=O) groups is 3. The summed E-state index contributed by atoms with van der Waals surface area (Å²) in [5, 5.41) is 2.51. The van der Waals surface area contributed by atoms with Crippen LogP contribution in [0.15, 0.2) is 0 Å². The Labute approximate surface area is 112 Å². The predicted molar refractivity (Wildman–Crippen MR) is 67.1 cm³/mol. The topological polar surface area (TPSA) is 75.7 Å². The summed E-state index contributed by atoms with van der Waals surface area (Å²) in [4.78, 5) is 36.6. The van der Waals surface area contributed by atoms with Crippen LogP contribution in [0.4, 0.5) is 0 Å². The summed E-state index contributed by atoms with van der Waals surface area (Å²) in [5.41, 5.74) is 0. The fourth-order valence-corrected chi connectivity index (χ4v) is 2.85. The number of nitrogens with zero attached hydrogens (tertiary/aromatic N) is 1. The highest BCUT2D eigenvalue weighted by Crippen LogP contribution is 2.29. The quantitative estimate of drug-likeness (QED) is 0.732. The van der Waals surface area contributed by atoms with Crippen molar-refractivity contribution in [3.05, 3.63) is 0 Å². The summed E-state index contributed by atoms with van der Waals surface area (Å²) in [6.07, 6.45) is 4.66. The van der Waals surface area contributed by atoms with Crippen LogP contribution in [0.1, 0.15) is 32.1 Å². The van der Waals surface area contributed by atoms with Crippen molar-refractivity contribution in [2.75, 3.05) is 20.2 Å². The Kier molecular flexibility index (Phi) is 4.39. The summed E-state index contributed by atoms with van der Waals surface area (Å²) < 4.78 is 4.46. The van der Waals surface area contributed by atoms with E-state index in [2.05, 4.69) is 10.1 Å². The highest BCUT2D eigenvalue weighted by Gasteiger charge is 2.38. The van der Waals surface area contributed by atoms with Crippen molar-refractivity contribution in [1.29, 1.82) is 0 Å². The molecule has 1 saturated carbocycles. The van der Waals surface area contributed by atoms with Crippen LogP contribution in [0.25, 0.3) is 0 Å². The van der Waals surface area contributed by atoms with Gasteiger partial charge in [-0.3, -0.25) is 14.4 Å². The van der Waals surface area contributed by atoms with Crippen LogP contribution < -0.4 is 5.32 Å². The van der Waals surface area contributed by atoms with E-state index in [-0.39, 0.29) is 30.7 Å². The van der Waals surface area contributed by atoms with Crippen LogP contribution in [-0.2, 0) is 19.1 Å². The first-order chi connectivity index (χ1) is 9.11. The number of ether oxygens (including phenoxy) is 1. The minimum absolute atomic E-state index is 0.0603. The first-order valence-corrected chi connectivity index (χ1v) is 6.76. The van der Waals surface area contributed by atoms with Gasteiger partial charge in [0, 0.05) is 19.0 Å². The molecule has 1 N–H and O–H groups in total. The number of rotatable bonds is 4. The van der Waals surface area contributed by atoms with E-state index in [1.807, 2.05) is 4.90 Å². The summed E-state index contributed by atoms with van der Waals surface area (Å²) in [5.74, 6) is -0.993. The molecule has 0 radical (unpaired) electrons. The second kappa shape index (κ2) is 6.04. The second-order valence-electron chi connectivity index (χ2n) is 5.18. The van der Waals surface area contributed by atoms with Crippen molar-refractivity contribution < 1.29 is 19.1 Å². The zero-order valence-corrected chi connectivity index (χ0v) is 11.2. The van der Waals surface area contributed by atoms with Crippen molar-refractivity contribution in [2.24, 2.45) is 5.92 Å². The first kappa shape index (κ1) is 13.8. The van der Waals surface area contributed by atoms with E-state index in [0.29, 0.717) is 12.6 Å². The number of hydrogen-bond donors (Lipinski definition) is 1. The molecule has 6 heteroatoms. The van der Waals surface area contributed by atoms with Crippen molar-refractivity contribution >= 4 is 17.8 Å². The molecule has 0 aromatic carbocycles. The Bertz CT molecular complexity index is 377. The van der Waals surface area contributed by atoms with Crippen molar-refractivity contribution in [3.8, 4) is 0 Å². The largest absolute Gasteiger partial charge is 0.468 e. The van der Waals surface area contributed by atoms with Crippen LogP contribution in [0.5, 0.6) is 0 Å². The zero-order chi connectivity index (χ0) is 13.8. The van der Waals surface area contributed by atoms with Gasteiger partial charge in [0.2, 0.25) is 11.8 Å². The normalized spacial score (nSPS) is 23.7. The molecule has 1 unspecified atom stereocenters. The molecule has 2 rings (SSSR count). The molecule has 1 atom stereocenters. The van der Waals surface area contributed by atoms with Gasteiger partial charge in [-0.15, -0.1) is 0 Å². The molecule has 1 aliphatic carbocycles. The molecule has 1 heterocycles. The van der Waals surface area contributed by atoms with Gasteiger partial charge in [0.05, 0.1) is 13.0 Å². The molecule has 0 aromatic rings. The maximum absolute atomic E-state index is 11.9. The smallest absolute Gasteiger partial charge is 0.325 e. The van der Waals surface area contributed by atoms with Gasteiger partial charge in [-0.2, -0.15) is 0 Å². The molecule has 2 fully saturated rings. The Morgan fingerprint density at radius 1 is 1.37 bits per heavy atom. The Balaban J connectivity index is 1.84. The van der Waals surface area contributed by atoms with E-state index in [0.717, 1.165) is 25.7 Å². The molecule has 106 valence electrons. The van der Waals surface area contributed by atoms with Crippen molar-refractivity contribution in [3.63, 3.8) is 0 Å². The monoisotopic (exact) mass is 268 g/mol. The van der Waals surface area contributed by atoms with E-state index in [4.69, 9.17) is 0 Å². The van der Waals surface area contributed by atoms with Gasteiger partial charge in [0.15, 0.2) is 0 Å². The molecule has 19 heavy (non-hydrogen) atoms. The lowest BCUT2D eigenvalue weighted by Gasteiger charge is -2.23. The lowest BCUT2D eigenvalue weighted by Crippen LogP contribution is -2.38. The van der Waals surface area contributed by atoms with Gasteiger partial charge in [0.1, 0.15) is 6.54 Å². The third-order valence-corrected chi connectivity index (χ3v) is 3.93. The second-order valence-corrected chi connectivity index (χ2v) is 5.18. The van der Waals surface area contributed by atoms with E-state index >= 15 is 0 Å². The number of nitrogens with one attached hydrogen (secondary N) is 1. The molecule has 0 aromatic heterocycles. The van der Waals surface area contributed by atoms with Crippen LogP contribution in [0.3, 0.4) is 0 Å². The Morgan fingerprint density at radius 2 is 2.05 bits per heavy atom. The minimum atomic E-state index is -0.481. The average Bonchev–Trinajstić information content (AvgIpc) is 3.04. The van der Waals surface area contributed by atoms with E-state index in [1.54, 1.807) is 0 Å². The fraction of sp³-hybridized carbons (Fsp3) is 0.769. The average molecular weight is 268 g/mol. The lowest BCUT2D eigenvalue weighted by molar-refractivity contribution is -0.141. The fourth-order valence-electron chi connectivity index (χ4n) is 2.85. The Hall–Kier alpha value is -1.59. The third-order valence-electron chi connectivity index (χ3n) is 3.93. The molecular weight excluding hydrogens is 248 g/mol. The number of methoxy groups -OCH3 is 1. The molecule has 1 saturated heterocycles. The van der Waals surface area contributed by atoms with E-state index < -0.39 is 5.97 Å². The summed E-state index contributed by atoms with van der Waals surface area (Å²) >= 11 is 0. The van der Waals surface area contributed by atoms with Gasteiger partial charge >= 0.3 is 5.97 Å². The standard InChI is InChI=1S/C13H20N2O4/c1-19-12(17)7-14-13(18)9-6-11(16)15(8-9)10-4-2-3-5-10/h9-10H,2-8H2,1H3,(H,14,18). The highest BCUT2D eigenvalue weighted by molar-refractivity contribution is 5.90. The molecule has 2 amide bonds. The van der Waals surface area contributed by atoms with Crippen LogP contribution in [0, 0.1) is 5.92 Å². The SMILES string of the molecule is COC(=O)CNC(=O)C1CC(=O)N(C2CCCC2)C1. The number of likely N-dealkylation sites (tertiary alicyclic amines) is 1. The van der Waals surface area contributed by atoms with Gasteiger partial charge < -0.3 is 15.0 Å². The first-order valence-electron chi connectivity index (χ1n) is 6.76. The maximum atomic E-state index is 11.9. The number of esters is 1. The van der Waals surface area contributed by atoms with Crippen LogP contribution in [-0.4, -0.2) is 48.9 Å². The predicted octanol–water partition coefficient (Wildman–Crippen LogP) is 0.0667. The van der Waals surface area contributed by atoms with Crippen LogP contribution >= 0.6 is 0 Å².